The van der Waals surface area contributed by atoms with Crippen molar-refractivity contribution in [2.45, 2.75) is 13.0 Å². The van der Waals surface area contributed by atoms with Crippen molar-refractivity contribution in [3.63, 3.8) is 0 Å². The molecule has 0 radical (unpaired) electrons. The highest BCUT2D eigenvalue weighted by atomic mass is 16.5. The molecular weight excluding hydrogens is 328 g/mol. The second-order valence-corrected chi connectivity index (χ2v) is 6.56. The highest BCUT2D eigenvalue weighted by Crippen LogP contribution is 2.32. The zero-order chi connectivity index (χ0) is 18.1. The van der Waals surface area contributed by atoms with Gasteiger partial charge in [0.2, 0.25) is 0 Å². The van der Waals surface area contributed by atoms with Crippen LogP contribution in [0.2, 0.25) is 0 Å². The summed E-state index contributed by atoms with van der Waals surface area (Å²) in [6.07, 6.45) is 0. The highest BCUT2D eigenvalue weighted by Gasteiger charge is 2.32. The van der Waals surface area contributed by atoms with Crippen LogP contribution in [0.25, 0.3) is 11.0 Å². The van der Waals surface area contributed by atoms with E-state index in [-0.39, 0.29) is 11.9 Å². The van der Waals surface area contributed by atoms with Crippen molar-refractivity contribution in [2.24, 2.45) is 0 Å². The summed E-state index contributed by atoms with van der Waals surface area (Å²) in [5, 5.41) is 4.33. The number of benzene rings is 2. The number of hydrogen-bond donors (Lipinski definition) is 1. The standard InChI is InChI=1S/C21H22N2O3/c1-14-6-5-7-15-12-19(26-20(14)15)21(24)23-11-10-22-13-17(23)16-8-3-4-9-18(16)25-2/h3-9,12,17,22H,10-11,13H2,1-2H3. The van der Waals surface area contributed by atoms with Crippen LogP contribution >= 0.6 is 0 Å². The number of nitrogens with one attached hydrogen (secondary N) is 1. The molecule has 5 heteroatoms. The number of piperazine rings is 1. The molecule has 1 amide bonds. The van der Waals surface area contributed by atoms with Crippen molar-refractivity contribution < 1.29 is 13.9 Å². The quantitative estimate of drug-likeness (QED) is 0.785. The second kappa shape index (κ2) is 6.84. The lowest BCUT2D eigenvalue weighted by molar-refractivity contribution is 0.0601. The molecule has 1 atom stereocenters. The molecule has 0 aliphatic carbocycles. The number of amides is 1. The molecule has 26 heavy (non-hydrogen) atoms. The molecule has 4 rings (SSSR count). The number of nitrogens with zero attached hydrogens (tertiary/aromatic N) is 1. The smallest absolute Gasteiger partial charge is 0.290 e. The van der Waals surface area contributed by atoms with Gasteiger partial charge in [-0.3, -0.25) is 4.79 Å². The first-order valence-electron chi connectivity index (χ1n) is 8.83. The van der Waals surface area contributed by atoms with Crippen molar-refractivity contribution >= 4 is 16.9 Å². The molecule has 2 heterocycles. The Morgan fingerprint density at radius 3 is 2.88 bits per heavy atom. The van der Waals surface area contributed by atoms with Crippen LogP contribution in [-0.4, -0.2) is 37.6 Å². The molecule has 1 fully saturated rings. The number of rotatable bonds is 3. The number of fused-ring (bicyclic) bond motifs is 1. The topological polar surface area (TPSA) is 54.7 Å². The van der Waals surface area contributed by atoms with E-state index in [9.17, 15) is 4.79 Å². The van der Waals surface area contributed by atoms with Gasteiger partial charge in [-0.1, -0.05) is 36.4 Å². The third-order valence-electron chi connectivity index (χ3n) is 4.95. The van der Waals surface area contributed by atoms with Gasteiger partial charge in [0.15, 0.2) is 5.76 Å². The number of carbonyl (C=O) groups excluding carboxylic acids is 1. The number of methoxy groups -OCH3 is 1. The maximum atomic E-state index is 13.2. The van der Waals surface area contributed by atoms with Crippen LogP contribution < -0.4 is 10.1 Å². The monoisotopic (exact) mass is 350 g/mol. The zero-order valence-electron chi connectivity index (χ0n) is 15.0. The Morgan fingerprint density at radius 2 is 2.08 bits per heavy atom. The Bertz CT molecular complexity index is 947. The Morgan fingerprint density at radius 1 is 1.23 bits per heavy atom. The normalized spacial score (nSPS) is 17.5. The second-order valence-electron chi connectivity index (χ2n) is 6.56. The number of carbonyl (C=O) groups is 1. The lowest BCUT2D eigenvalue weighted by Gasteiger charge is -2.36. The predicted octanol–water partition coefficient (Wildman–Crippen LogP) is 3.54. The van der Waals surface area contributed by atoms with E-state index < -0.39 is 0 Å². The number of aryl methyl sites for hydroxylation is 1. The zero-order valence-corrected chi connectivity index (χ0v) is 15.0. The summed E-state index contributed by atoms with van der Waals surface area (Å²) in [6.45, 7) is 4.06. The molecule has 1 unspecified atom stereocenters. The average molecular weight is 350 g/mol. The van der Waals surface area contributed by atoms with Gasteiger partial charge in [-0.15, -0.1) is 0 Å². The van der Waals surface area contributed by atoms with Gasteiger partial charge < -0.3 is 19.4 Å². The van der Waals surface area contributed by atoms with Gasteiger partial charge in [0.1, 0.15) is 11.3 Å². The van der Waals surface area contributed by atoms with Gasteiger partial charge in [-0.25, -0.2) is 0 Å². The molecule has 134 valence electrons. The fourth-order valence-electron chi connectivity index (χ4n) is 3.62. The summed E-state index contributed by atoms with van der Waals surface area (Å²) in [5.74, 6) is 1.09. The Balaban J connectivity index is 1.71. The number of para-hydroxylation sites is 2. The molecule has 1 aliphatic rings. The van der Waals surface area contributed by atoms with Crippen molar-refractivity contribution in [1.82, 2.24) is 10.2 Å². The van der Waals surface area contributed by atoms with E-state index in [0.29, 0.717) is 18.8 Å². The molecule has 1 aliphatic heterocycles. The van der Waals surface area contributed by atoms with Crippen molar-refractivity contribution in [2.75, 3.05) is 26.7 Å². The third-order valence-corrected chi connectivity index (χ3v) is 4.95. The van der Waals surface area contributed by atoms with Crippen LogP contribution in [0.3, 0.4) is 0 Å². The summed E-state index contributed by atoms with van der Waals surface area (Å²) in [6, 6.07) is 15.5. The molecule has 1 saturated heterocycles. The SMILES string of the molecule is COc1ccccc1C1CNCCN1C(=O)c1cc2cccc(C)c2o1. The van der Waals surface area contributed by atoms with Gasteiger partial charge in [0, 0.05) is 30.6 Å². The maximum absolute atomic E-state index is 13.2. The van der Waals surface area contributed by atoms with E-state index >= 15 is 0 Å². The number of hydrogen-bond acceptors (Lipinski definition) is 4. The van der Waals surface area contributed by atoms with Gasteiger partial charge in [0.05, 0.1) is 13.2 Å². The average Bonchev–Trinajstić information content (AvgIpc) is 3.13. The molecule has 0 saturated carbocycles. The van der Waals surface area contributed by atoms with Crippen LogP contribution in [0.1, 0.15) is 27.7 Å². The fourth-order valence-corrected chi connectivity index (χ4v) is 3.62. The summed E-state index contributed by atoms with van der Waals surface area (Å²) in [4.78, 5) is 15.1. The van der Waals surface area contributed by atoms with Crippen molar-refractivity contribution in [3.05, 3.63) is 65.4 Å². The van der Waals surface area contributed by atoms with E-state index in [1.54, 1.807) is 7.11 Å². The number of ether oxygens (including phenoxy) is 1. The summed E-state index contributed by atoms with van der Waals surface area (Å²) in [7, 11) is 1.66. The van der Waals surface area contributed by atoms with Gasteiger partial charge in [-0.05, 0) is 24.6 Å². The minimum Gasteiger partial charge on any atom is -0.496 e. The molecule has 2 aromatic carbocycles. The van der Waals surface area contributed by atoms with Crippen LogP contribution in [0.4, 0.5) is 0 Å². The summed E-state index contributed by atoms with van der Waals surface area (Å²) < 4.78 is 11.4. The Kier molecular flexibility index (Phi) is 4.39. The summed E-state index contributed by atoms with van der Waals surface area (Å²) >= 11 is 0. The summed E-state index contributed by atoms with van der Waals surface area (Å²) in [5.41, 5.74) is 2.81. The van der Waals surface area contributed by atoms with E-state index in [0.717, 1.165) is 34.4 Å². The Hall–Kier alpha value is -2.79. The van der Waals surface area contributed by atoms with Crippen LogP contribution in [0.5, 0.6) is 5.75 Å². The highest BCUT2D eigenvalue weighted by molar-refractivity contribution is 5.97. The third kappa shape index (κ3) is 2.84. The lowest BCUT2D eigenvalue weighted by atomic mass is 10.0. The van der Waals surface area contributed by atoms with Crippen LogP contribution in [-0.2, 0) is 0 Å². The van der Waals surface area contributed by atoms with Crippen molar-refractivity contribution in [3.8, 4) is 5.75 Å². The first-order valence-corrected chi connectivity index (χ1v) is 8.83. The molecule has 3 aromatic rings. The van der Waals surface area contributed by atoms with Crippen LogP contribution in [0.15, 0.2) is 52.9 Å². The minimum absolute atomic E-state index is 0.0852. The lowest BCUT2D eigenvalue weighted by Crippen LogP contribution is -2.48. The first-order chi connectivity index (χ1) is 12.7. The van der Waals surface area contributed by atoms with E-state index in [1.807, 2.05) is 60.4 Å². The first kappa shape index (κ1) is 16.7. The van der Waals surface area contributed by atoms with Gasteiger partial charge in [-0.2, -0.15) is 0 Å². The molecular formula is C21H22N2O3. The molecule has 0 spiro atoms. The molecule has 5 nitrogen and oxygen atoms in total. The Labute approximate surface area is 152 Å². The number of furan rings is 1. The predicted molar refractivity (Wildman–Crippen MR) is 101 cm³/mol. The molecule has 0 bridgehead atoms. The van der Waals surface area contributed by atoms with Gasteiger partial charge in [0.25, 0.3) is 5.91 Å². The molecule has 1 N–H and O–H groups in total. The van der Waals surface area contributed by atoms with Crippen molar-refractivity contribution in [1.29, 1.82) is 0 Å². The largest absolute Gasteiger partial charge is 0.496 e. The van der Waals surface area contributed by atoms with E-state index in [1.165, 1.54) is 0 Å². The van der Waals surface area contributed by atoms with Crippen LogP contribution in [0, 0.1) is 6.92 Å². The van der Waals surface area contributed by atoms with E-state index in [4.69, 9.17) is 9.15 Å². The maximum Gasteiger partial charge on any atom is 0.290 e. The minimum atomic E-state index is -0.0956. The van der Waals surface area contributed by atoms with Gasteiger partial charge >= 0.3 is 0 Å². The molecule has 1 aromatic heterocycles. The van der Waals surface area contributed by atoms with E-state index in [2.05, 4.69) is 5.32 Å². The fraction of sp³-hybridized carbons (Fsp3) is 0.286.